The molecular weight excluding hydrogens is 263 g/mol. The molecular formula is C14H11FN2OS. The second-order valence-electron chi connectivity index (χ2n) is 4.09. The fraction of sp³-hybridized carbons (Fsp3) is 0.0714. The van der Waals surface area contributed by atoms with Crippen molar-refractivity contribution in [3.8, 4) is 0 Å². The van der Waals surface area contributed by atoms with Crippen LogP contribution >= 0.6 is 11.8 Å². The van der Waals surface area contributed by atoms with Crippen LogP contribution in [0.5, 0.6) is 0 Å². The van der Waals surface area contributed by atoms with Crippen molar-refractivity contribution in [3.63, 3.8) is 0 Å². The molecule has 0 aliphatic rings. The van der Waals surface area contributed by atoms with E-state index in [4.69, 9.17) is 10.2 Å². The van der Waals surface area contributed by atoms with E-state index in [0.717, 1.165) is 5.52 Å². The molecule has 3 nitrogen and oxygen atoms in total. The van der Waals surface area contributed by atoms with Crippen LogP contribution in [0.2, 0.25) is 0 Å². The van der Waals surface area contributed by atoms with Crippen LogP contribution in [0.15, 0.2) is 52.1 Å². The van der Waals surface area contributed by atoms with Crippen LogP contribution in [0, 0.1) is 5.82 Å². The SMILES string of the molecule is Nc1ccc2nc(SCc3ccccc3F)oc2c1. The molecule has 0 aliphatic carbocycles. The van der Waals surface area contributed by atoms with Gasteiger partial charge in [0.05, 0.1) is 0 Å². The van der Waals surface area contributed by atoms with Crippen LogP contribution in [0.3, 0.4) is 0 Å². The lowest BCUT2D eigenvalue weighted by atomic mass is 10.2. The number of hydrogen-bond donors (Lipinski definition) is 1. The Balaban J connectivity index is 1.80. The summed E-state index contributed by atoms with van der Waals surface area (Å²) in [5.74, 6) is 0.268. The zero-order valence-corrected chi connectivity index (χ0v) is 10.8. The maximum absolute atomic E-state index is 13.5. The van der Waals surface area contributed by atoms with E-state index >= 15 is 0 Å². The first-order valence-electron chi connectivity index (χ1n) is 5.74. The highest BCUT2D eigenvalue weighted by atomic mass is 32.2. The first kappa shape index (κ1) is 12.0. The summed E-state index contributed by atoms with van der Waals surface area (Å²) in [6, 6.07) is 12.0. The Labute approximate surface area is 113 Å². The van der Waals surface area contributed by atoms with Gasteiger partial charge in [-0.3, -0.25) is 0 Å². The Bertz CT molecular complexity index is 726. The number of oxazole rings is 1. The van der Waals surface area contributed by atoms with E-state index in [2.05, 4.69) is 4.98 Å². The van der Waals surface area contributed by atoms with Crippen LogP contribution in [0.1, 0.15) is 5.56 Å². The molecule has 0 aliphatic heterocycles. The molecule has 2 N–H and O–H groups in total. The normalized spacial score (nSPS) is 11.0. The van der Waals surface area contributed by atoms with Gasteiger partial charge in [-0.05, 0) is 23.8 Å². The predicted molar refractivity (Wildman–Crippen MR) is 74.4 cm³/mol. The van der Waals surface area contributed by atoms with Crippen molar-refractivity contribution in [1.82, 2.24) is 4.98 Å². The average Bonchev–Trinajstić information content (AvgIpc) is 2.79. The van der Waals surface area contributed by atoms with Gasteiger partial charge >= 0.3 is 0 Å². The summed E-state index contributed by atoms with van der Waals surface area (Å²) in [6.45, 7) is 0. The van der Waals surface area contributed by atoms with Crippen molar-refractivity contribution in [2.24, 2.45) is 0 Å². The minimum atomic E-state index is -0.213. The third-order valence-corrected chi connectivity index (χ3v) is 3.58. The lowest BCUT2D eigenvalue weighted by Gasteiger charge is -1.99. The van der Waals surface area contributed by atoms with E-state index in [1.54, 1.807) is 30.3 Å². The molecule has 0 amide bonds. The maximum atomic E-state index is 13.5. The van der Waals surface area contributed by atoms with Crippen LogP contribution in [0.4, 0.5) is 10.1 Å². The predicted octanol–water partition coefficient (Wildman–Crippen LogP) is 3.84. The zero-order chi connectivity index (χ0) is 13.2. The number of fused-ring (bicyclic) bond motifs is 1. The van der Waals surface area contributed by atoms with Crippen LogP contribution in [-0.2, 0) is 5.75 Å². The summed E-state index contributed by atoms with van der Waals surface area (Å²) < 4.78 is 19.0. The van der Waals surface area contributed by atoms with Gasteiger partial charge in [-0.25, -0.2) is 9.37 Å². The highest BCUT2D eigenvalue weighted by molar-refractivity contribution is 7.98. The van der Waals surface area contributed by atoms with E-state index in [9.17, 15) is 4.39 Å². The number of nitrogens with two attached hydrogens (primary N) is 1. The van der Waals surface area contributed by atoms with Crippen molar-refractivity contribution in [1.29, 1.82) is 0 Å². The van der Waals surface area contributed by atoms with Crippen LogP contribution in [-0.4, -0.2) is 4.98 Å². The molecule has 0 saturated carbocycles. The molecule has 5 heteroatoms. The van der Waals surface area contributed by atoms with Crippen LogP contribution < -0.4 is 5.73 Å². The van der Waals surface area contributed by atoms with Crippen LogP contribution in [0.25, 0.3) is 11.1 Å². The maximum Gasteiger partial charge on any atom is 0.257 e. The minimum absolute atomic E-state index is 0.213. The molecule has 2 aromatic carbocycles. The molecule has 0 radical (unpaired) electrons. The first-order chi connectivity index (χ1) is 9.22. The highest BCUT2D eigenvalue weighted by Crippen LogP contribution is 2.27. The molecule has 96 valence electrons. The summed E-state index contributed by atoms with van der Waals surface area (Å²) in [4.78, 5) is 4.32. The molecule has 0 bridgehead atoms. The lowest BCUT2D eigenvalue weighted by molar-refractivity contribution is 0.489. The Morgan fingerprint density at radius 3 is 2.89 bits per heavy atom. The number of anilines is 1. The van der Waals surface area contributed by atoms with Gasteiger partial charge in [0.25, 0.3) is 5.22 Å². The molecule has 1 heterocycles. The Morgan fingerprint density at radius 2 is 2.05 bits per heavy atom. The molecule has 0 spiro atoms. The number of nitrogens with zero attached hydrogens (tertiary/aromatic N) is 1. The molecule has 0 fully saturated rings. The summed E-state index contributed by atoms with van der Waals surface area (Å²) in [7, 11) is 0. The molecule has 0 unspecified atom stereocenters. The number of aromatic nitrogens is 1. The molecule has 1 aromatic heterocycles. The number of benzene rings is 2. The fourth-order valence-electron chi connectivity index (χ4n) is 1.74. The summed E-state index contributed by atoms with van der Waals surface area (Å²) >= 11 is 1.36. The second-order valence-corrected chi connectivity index (χ2v) is 5.01. The van der Waals surface area contributed by atoms with Gasteiger partial charge in [0.15, 0.2) is 5.58 Å². The lowest BCUT2D eigenvalue weighted by Crippen LogP contribution is -1.86. The molecule has 3 rings (SSSR count). The monoisotopic (exact) mass is 274 g/mol. The molecule has 3 aromatic rings. The Hall–Kier alpha value is -2.01. The van der Waals surface area contributed by atoms with E-state index in [1.807, 2.05) is 6.07 Å². The summed E-state index contributed by atoms with van der Waals surface area (Å²) in [5.41, 5.74) is 8.34. The van der Waals surface area contributed by atoms with Gasteiger partial charge in [0, 0.05) is 17.5 Å². The smallest absolute Gasteiger partial charge is 0.257 e. The standard InChI is InChI=1S/C14H11FN2OS/c15-11-4-2-1-3-9(11)8-19-14-17-12-6-5-10(16)7-13(12)18-14/h1-7H,8,16H2. The topological polar surface area (TPSA) is 52.0 Å². The van der Waals surface area contributed by atoms with E-state index in [1.165, 1.54) is 17.8 Å². The quantitative estimate of drug-likeness (QED) is 0.582. The van der Waals surface area contributed by atoms with Gasteiger partial charge in [-0.2, -0.15) is 0 Å². The Morgan fingerprint density at radius 1 is 1.21 bits per heavy atom. The van der Waals surface area contributed by atoms with Gasteiger partial charge < -0.3 is 10.2 Å². The van der Waals surface area contributed by atoms with Crippen molar-refractivity contribution >= 4 is 28.5 Å². The minimum Gasteiger partial charge on any atom is -0.431 e. The zero-order valence-electron chi connectivity index (χ0n) is 9.97. The van der Waals surface area contributed by atoms with E-state index < -0.39 is 0 Å². The molecule has 0 saturated heterocycles. The van der Waals surface area contributed by atoms with Gasteiger partial charge in [0.2, 0.25) is 0 Å². The number of halogens is 1. The van der Waals surface area contributed by atoms with Crippen molar-refractivity contribution in [2.75, 3.05) is 5.73 Å². The first-order valence-corrected chi connectivity index (χ1v) is 6.73. The molecule has 0 atom stereocenters. The van der Waals surface area contributed by atoms with Gasteiger partial charge in [-0.15, -0.1) is 0 Å². The third-order valence-electron chi connectivity index (χ3n) is 2.70. The van der Waals surface area contributed by atoms with Crippen molar-refractivity contribution in [2.45, 2.75) is 11.0 Å². The second kappa shape index (κ2) is 4.93. The Kier molecular flexibility index (Phi) is 3.13. The number of hydrogen-bond acceptors (Lipinski definition) is 4. The van der Waals surface area contributed by atoms with Crippen molar-refractivity contribution in [3.05, 3.63) is 53.8 Å². The molecule has 19 heavy (non-hydrogen) atoms. The summed E-state index contributed by atoms with van der Waals surface area (Å²) in [6.07, 6.45) is 0. The number of rotatable bonds is 3. The largest absolute Gasteiger partial charge is 0.431 e. The number of thioether (sulfide) groups is 1. The average molecular weight is 274 g/mol. The van der Waals surface area contributed by atoms with Gasteiger partial charge in [0.1, 0.15) is 11.3 Å². The fourth-order valence-corrected chi connectivity index (χ4v) is 2.56. The highest BCUT2D eigenvalue weighted by Gasteiger charge is 2.08. The van der Waals surface area contributed by atoms with E-state index in [0.29, 0.717) is 27.8 Å². The third kappa shape index (κ3) is 2.56. The van der Waals surface area contributed by atoms with Gasteiger partial charge in [-0.1, -0.05) is 30.0 Å². The van der Waals surface area contributed by atoms with E-state index in [-0.39, 0.29) is 5.82 Å². The summed E-state index contributed by atoms with van der Waals surface area (Å²) in [5, 5.41) is 0.517. The number of nitrogen functional groups attached to an aromatic ring is 1. The van der Waals surface area contributed by atoms with Crippen molar-refractivity contribution < 1.29 is 8.81 Å².